The number of halogens is 1. The van der Waals surface area contributed by atoms with Crippen LogP contribution in [0.25, 0.3) is 0 Å². The quantitative estimate of drug-likeness (QED) is 0.124. The van der Waals surface area contributed by atoms with Gasteiger partial charge < -0.3 is 15.0 Å². The second kappa shape index (κ2) is 15.7. The first kappa shape index (κ1) is 35.3. The SMILES string of the molecule is CCCCNC(=O)C(CC)N(Cc1cccc(C)c1)C(=O)CN(c1cc(Cl)ccc1OC)S(=O)(=O)c1ccc(C)c([N+](=O)[O-])c1. The standard InChI is InChI=1S/C32H39ClN4O7S/c1-6-8-16-34-32(39)27(7-2)35(20-24-11-9-10-22(3)17-24)31(38)21-36(29-18-25(33)13-15-30(29)44-5)45(42,43)26-14-12-23(4)28(19-26)37(40)41/h9-15,17-19,27H,6-8,16,20-21H2,1-5H3,(H,34,39). The molecule has 3 aromatic rings. The number of nitrogens with one attached hydrogen (secondary N) is 1. The summed E-state index contributed by atoms with van der Waals surface area (Å²) >= 11 is 6.28. The van der Waals surface area contributed by atoms with Crippen molar-refractivity contribution in [2.45, 2.75) is 64.4 Å². The Morgan fingerprint density at radius 3 is 2.42 bits per heavy atom. The van der Waals surface area contributed by atoms with Gasteiger partial charge in [-0.3, -0.25) is 24.0 Å². The lowest BCUT2D eigenvalue weighted by molar-refractivity contribution is -0.385. The zero-order valence-corrected chi connectivity index (χ0v) is 27.7. The van der Waals surface area contributed by atoms with E-state index in [0.717, 1.165) is 34.3 Å². The van der Waals surface area contributed by atoms with Gasteiger partial charge in [-0.25, -0.2) is 8.42 Å². The lowest BCUT2D eigenvalue weighted by atomic mass is 10.1. The van der Waals surface area contributed by atoms with E-state index in [1.165, 1.54) is 49.3 Å². The summed E-state index contributed by atoms with van der Waals surface area (Å²) < 4.78 is 34.8. The Balaban J connectivity index is 2.17. The molecule has 2 amide bonds. The minimum absolute atomic E-state index is 0.0385. The molecule has 0 spiro atoms. The summed E-state index contributed by atoms with van der Waals surface area (Å²) in [4.78, 5) is 39.6. The lowest BCUT2D eigenvalue weighted by Gasteiger charge is -2.33. The first-order valence-electron chi connectivity index (χ1n) is 14.6. The third-order valence-corrected chi connectivity index (χ3v) is 9.30. The van der Waals surface area contributed by atoms with Gasteiger partial charge in [-0.05, 0) is 56.5 Å². The summed E-state index contributed by atoms with van der Waals surface area (Å²) in [6.07, 6.45) is 1.90. The lowest BCUT2D eigenvalue weighted by Crippen LogP contribution is -2.52. The number of nitro benzene ring substituents is 1. The Labute approximate surface area is 269 Å². The first-order chi connectivity index (χ1) is 21.3. The smallest absolute Gasteiger partial charge is 0.273 e. The number of hydrogen-bond donors (Lipinski definition) is 1. The van der Waals surface area contributed by atoms with E-state index in [1.54, 1.807) is 6.92 Å². The number of anilines is 1. The summed E-state index contributed by atoms with van der Waals surface area (Å²) in [6.45, 7) is 6.91. The van der Waals surface area contributed by atoms with Gasteiger partial charge in [-0.1, -0.05) is 67.8 Å². The molecule has 0 radical (unpaired) electrons. The van der Waals surface area contributed by atoms with Crippen LogP contribution >= 0.6 is 11.6 Å². The number of ether oxygens (including phenoxy) is 1. The van der Waals surface area contributed by atoms with Crippen molar-refractivity contribution in [1.29, 1.82) is 0 Å². The fraction of sp³-hybridized carbons (Fsp3) is 0.375. The fourth-order valence-electron chi connectivity index (χ4n) is 4.88. The third kappa shape index (κ3) is 8.73. The van der Waals surface area contributed by atoms with Crippen molar-refractivity contribution in [3.05, 3.63) is 92.5 Å². The van der Waals surface area contributed by atoms with Crippen LogP contribution in [0.5, 0.6) is 5.75 Å². The van der Waals surface area contributed by atoms with E-state index in [2.05, 4.69) is 5.32 Å². The molecule has 3 aromatic carbocycles. The van der Waals surface area contributed by atoms with Crippen molar-refractivity contribution in [3.8, 4) is 5.75 Å². The van der Waals surface area contributed by atoms with Gasteiger partial charge in [0.2, 0.25) is 11.8 Å². The average molecular weight is 659 g/mol. The molecule has 0 fully saturated rings. The van der Waals surface area contributed by atoms with Crippen LogP contribution in [0, 0.1) is 24.0 Å². The molecule has 1 N–H and O–H groups in total. The molecule has 0 saturated heterocycles. The Hall–Kier alpha value is -4.16. The Morgan fingerprint density at radius 2 is 1.80 bits per heavy atom. The molecule has 13 heteroatoms. The molecule has 0 aromatic heterocycles. The molecule has 0 aliphatic rings. The molecule has 3 rings (SSSR count). The van der Waals surface area contributed by atoms with Gasteiger partial charge in [0.25, 0.3) is 15.7 Å². The van der Waals surface area contributed by atoms with Crippen molar-refractivity contribution in [3.63, 3.8) is 0 Å². The maximum atomic E-state index is 14.3. The molecule has 45 heavy (non-hydrogen) atoms. The predicted molar refractivity (Wildman–Crippen MR) is 174 cm³/mol. The fourth-order valence-corrected chi connectivity index (χ4v) is 6.48. The Kier molecular flexibility index (Phi) is 12.3. The van der Waals surface area contributed by atoms with Crippen molar-refractivity contribution in [1.82, 2.24) is 10.2 Å². The molecule has 0 saturated carbocycles. The predicted octanol–water partition coefficient (Wildman–Crippen LogP) is 5.79. The molecule has 1 atom stereocenters. The summed E-state index contributed by atoms with van der Waals surface area (Å²) in [5.74, 6) is -0.913. The summed E-state index contributed by atoms with van der Waals surface area (Å²) in [5, 5.41) is 14.7. The monoisotopic (exact) mass is 658 g/mol. The highest BCUT2D eigenvalue weighted by molar-refractivity contribution is 7.92. The maximum absolute atomic E-state index is 14.3. The number of unbranched alkanes of at least 4 members (excludes halogenated alkanes) is 1. The molecular formula is C32H39ClN4O7S. The molecule has 0 bridgehead atoms. The van der Waals surface area contributed by atoms with E-state index >= 15 is 0 Å². The highest BCUT2D eigenvalue weighted by Gasteiger charge is 2.35. The van der Waals surface area contributed by atoms with E-state index in [1.807, 2.05) is 38.1 Å². The van der Waals surface area contributed by atoms with E-state index in [0.29, 0.717) is 6.54 Å². The average Bonchev–Trinajstić information content (AvgIpc) is 2.99. The van der Waals surface area contributed by atoms with Gasteiger partial charge in [-0.2, -0.15) is 0 Å². The van der Waals surface area contributed by atoms with Gasteiger partial charge in [0.05, 0.1) is 22.6 Å². The van der Waals surface area contributed by atoms with Crippen LogP contribution in [0.3, 0.4) is 0 Å². The topological polar surface area (TPSA) is 139 Å². The highest BCUT2D eigenvalue weighted by Crippen LogP contribution is 2.36. The number of benzene rings is 3. The molecule has 0 aliphatic carbocycles. The van der Waals surface area contributed by atoms with E-state index in [9.17, 15) is 28.1 Å². The van der Waals surface area contributed by atoms with Crippen molar-refractivity contribution < 1.29 is 27.7 Å². The van der Waals surface area contributed by atoms with E-state index < -0.39 is 44.0 Å². The second-order valence-corrected chi connectivity index (χ2v) is 12.9. The minimum Gasteiger partial charge on any atom is -0.495 e. The van der Waals surface area contributed by atoms with Crippen LogP contribution in [0.15, 0.2) is 65.6 Å². The van der Waals surface area contributed by atoms with Crippen molar-refractivity contribution >= 4 is 44.8 Å². The van der Waals surface area contributed by atoms with Crippen LogP contribution in [-0.2, 0) is 26.2 Å². The Bertz CT molecular complexity index is 1650. The normalized spacial score (nSPS) is 11.9. The van der Waals surface area contributed by atoms with Crippen LogP contribution < -0.4 is 14.4 Å². The minimum atomic E-state index is -4.61. The number of carbonyl (C=O) groups is 2. The second-order valence-electron chi connectivity index (χ2n) is 10.6. The van der Waals surface area contributed by atoms with Gasteiger partial charge in [0.1, 0.15) is 18.3 Å². The number of rotatable bonds is 15. The molecule has 0 aliphatic heterocycles. The van der Waals surface area contributed by atoms with Gasteiger partial charge in [0.15, 0.2) is 0 Å². The molecular weight excluding hydrogens is 620 g/mol. The zero-order valence-electron chi connectivity index (χ0n) is 26.1. The summed E-state index contributed by atoms with van der Waals surface area (Å²) in [7, 11) is -3.27. The number of nitrogens with zero attached hydrogens (tertiary/aromatic N) is 3. The van der Waals surface area contributed by atoms with Crippen LogP contribution in [0.2, 0.25) is 5.02 Å². The Morgan fingerprint density at radius 1 is 1.07 bits per heavy atom. The number of amides is 2. The van der Waals surface area contributed by atoms with Crippen LogP contribution in [-0.4, -0.2) is 56.3 Å². The first-order valence-corrected chi connectivity index (χ1v) is 16.4. The maximum Gasteiger partial charge on any atom is 0.273 e. The van der Waals surface area contributed by atoms with Gasteiger partial charge in [-0.15, -0.1) is 0 Å². The number of carbonyl (C=O) groups excluding carboxylic acids is 2. The number of sulfonamides is 1. The number of methoxy groups -OCH3 is 1. The zero-order chi connectivity index (χ0) is 33.3. The van der Waals surface area contributed by atoms with Crippen LogP contribution in [0.1, 0.15) is 49.8 Å². The highest BCUT2D eigenvalue weighted by atomic mass is 35.5. The molecule has 1 unspecified atom stereocenters. The number of aryl methyl sites for hydroxylation is 2. The van der Waals surface area contributed by atoms with E-state index in [4.69, 9.17) is 16.3 Å². The summed E-state index contributed by atoms with van der Waals surface area (Å²) in [6, 6.07) is 14.4. The largest absolute Gasteiger partial charge is 0.495 e. The number of nitro groups is 1. The van der Waals surface area contributed by atoms with E-state index in [-0.39, 0.29) is 40.9 Å². The van der Waals surface area contributed by atoms with Crippen molar-refractivity contribution in [2.75, 3.05) is 24.5 Å². The third-order valence-electron chi connectivity index (χ3n) is 7.30. The van der Waals surface area contributed by atoms with Crippen LogP contribution in [0.4, 0.5) is 11.4 Å². The molecule has 242 valence electrons. The summed E-state index contributed by atoms with van der Waals surface area (Å²) in [5.41, 5.74) is 1.54. The van der Waals surface area contributed by atoms with Gasteiger partial charge >= 0.3 is 0 Å². The van der Waals surface area contributed by atoms with Crippen molar-refractivity contribution in [2.24, 2.45) is 0 Å². The molecule has 11 nitrogen and oxygen atoms in total. The van der Waals surface area contributed by atoms with Gasteiger partial charge in [0, 0.05) is 29.7 Å². The molecule has 0 heterocycles. The number of hydrogen-bond acceptors (Lipinski definition) is 7.